The van der Waals surface area contributed by atoms with Crippen molar-refractivity contribution in [1.82, 2.24) is 24.4 Å². The summed E-state index contributed by atoms with van der Waals surface area (Å²) in [7, 11) is 5.75. The Balaban J connectivity index is 1.87. The van der Waals surface area contributed by atoms with Crippen LogP contribution in [-0.4, -0.2) is 71.3 Å². The maximum Gasteiger partial charge on any atom is 0.266 e. The van der Waals surface area contributed by atoms with E-state index >= 15 is 0 Å². The zero-order valence-electron chi connectivity index (χ0n) is 21.8. The van der Waals surface area contributed by atoms with Gasteiger partial charge in [-0.3, -0.25) is 14.4 Å². The van der Waals surface area contributed by atoms with Crippen molar-refractivity contribution in [2.24, 2.45) is 9.98 Å². The number of fused-ring (bicyclic) bond motifs is 1. The molecule has 10 nitrogen and oxygen atoms in total. The lowest BCUT2D eigenvalue weighted by Crippen LogP contribution is -2.26. The number of benzene rings is 2. The van der Waals surface area contributed by atoms with E-state index in [1.165, 1.54) is 0 Å². The maximum atomic E-state index is 13.9. The number of hydrogen-bond donors (Lipinski definition) is 2. The zero-order valence-corrected chi connectivity index (χ0v) is 21.8. The van der Waals surface area contributed by atoms with Crippen LogP contribution >= 0.6 is 0 Å². The highest BCUT2D eigenvalue weighted by Gasteiger charge is 2.21. The van der Waals surface area contributed by atoms with Crippen molar-refractivity contribution in [2.75, 3.05) is 39.6 Å². The quantitative estimate of drug-likeness (QED) is 0.268. The molecule has 1 unspecified atom stereocenters. The second-order valence-corrected chi connectivity index (χ2v) is 8.89. The molecule has 0 radical (unpaired) electrons. The Bertz CT molecular complexity index is 1500. The van der Waals surface area contributed by atoms with Gasteiger partial charge < -0.3 is 19.9 Å². The number of aromatic amines is 1. The van der Waals surface area contributed by atoms with E-state index in [1.807, 2.05) is 75.3 Å². The van der Waals surface area contributed by atoms with Gasteiger partial charge in [-0.25, -0.2) is 15.0 Å². The molecule has 0 bridgehead atoms. The summed E-state index contributed by atoms with van der Waals surface area (Å²) in [6.45, 7) is 8.77. The van der Waals surface area contributed by atoms with E-state index < -0.39 is 6.04 Å². The zero-order chi connectivity index (χ0) is 26.5. The van der Waals surface area contributed by atoms with Gasteiger partial charge in [0, 0.05) is 19.7 Å². The molecule has 0 aliphatic heterocycles. The van der Waals surface area contributed by atoms with E-state index in [1.54, 1.807) is 17.9 Å². The van der Waals surface area contributed by atoms with Crippen LogP contribution in [0.25, 0.3) is 16.6 Å². The average molecular weight is 501 g/mol. The van der Waals surface area contributed by atoms with Crippen LogP contribution in [0.5, 0.6) is 5.75 Å². The second-order valence-electron chi connectivity index (χ2n) is 8.89. The van der Waals surface area contributed by atoms with Crippen molar-refractivity contribution in [1.29, 1.82) is 0 Å². The maximum absolute atomic E-state index is 13.9. The summed E-state index contributed by atoms with van der Waals surface area (Å²) >= 11 is 0. The van der Waals surface area contributed by atoms with E-state index in [4.69, 9.17) is 14.7 Å². The Morgan fingerprint density at radius 3 is 2.78 bits per heavy atom. The molecular formula is C27H32N8O2. The monoisotopic (exact) mass is 500 g/mol. The van der Waals surface area contributed by atoms with Gasteiger partial charge in [-0.15, -0.1) is 0 Å². The molecule has 4 aromatic rings. The molecule has 37 heavy (non-hydrogen) atoms. The number of amidine groups is 1. The van der Waals surface area contributed by atoms with Crippen LogP contribution in [-0.2, 0) is 0 Å². The first-order valence-corrected chi connectivity index (χ1v) is 12.0. The van der Waals surface area contributed by atoms with Crippen LogP contribution in [0.1, 0.15) is 30.0 Å². The van der Waals surface area contributed by atoms with E-state index in [0.29, 0.717) is 52.1 Å². The molecule has 2 heterocycles. The van der Waals surface area contributed by atoms with Gasteiger partial charge in [0.25, 0.3) is 5.56 Å². The molecule has 0 saturated carbocycles. The van der Waals surface area contributed by atoms with Crippen LogP contribution in [0.3, 0.4) is 0 Å². The van der Waals surface area contributed by atoms with Crippen molar-refractivity contribution < 1.29 is 4.74 Å². The third-order valence-corrected chi connectivity index (χ3v) is 5.95. The Kier molecular flexibility index (Phi) is 7.78. The molecule has 0 saturated heterocycles. The first kappa shape index (κ1) is 25.8. The highest BCUT2D eigenvalue weighted by Crippen LogP contribution is 2.25. The number of nitrogens with zero attached hydrogens (tertiary/aromatic N) is 6. The van der Waals surface area contributed by atoms with Crippen molar-refractivity contribution in [2.45, 2.75) is 19.9 Å². The number of aromatic nitrogens is 4. The number of H-pyrrole nitrogens is 1. The number of aryl methyl sites for hydroxylation is 1. The molecule has 0 spiro atoms. The number of nitrogens with one attached hydrogen (secondary N) is 2. The summed E-state index contributed by atoms with van der Waals surface area (Å²) < 4.78 is 7.55. The van der Waals surface area contributed by atoms with Crippen molar-refractivity contribution >= 4 is 29.3 Å². The lowest BCUT2D eigenvalue weighted by molar-refractivity contribution is 0.261. The SMILES string of the molecule is C=NC(=NC(C)c1nc2cccc(C)c2c(=O)n1-c1cccc(OCCN(C)C)c1)c1[nH]cnc1NC. The van der Waals surface area contributed by atoms with Gasteiger partial charge in [-0.2, -0.15) is 0 Å². The molecular weight excluding hydrogens is 468 g/mol. The number of imidazole rings is 1. The fraction of sp³-hybridized carbons (Fsp3) is 0.296. The minimum Gasteiger partial charge on any atom is -0.492 e. The molecule has 10 heteroatoms. The van der Waals surface area contributed by atoms with E-state index in [2.05, 4.69) is 27.0 Å². The fourth-order valence-corrected chi connectivity index (χ4v) is 4.08. The minimum atomic E-state index is -0.538. The molecule has 2 aromatic carbocycles. The Morgan fingerprint density at radius 2 is 2.05 bits per heavy atom. The van der Waals surface area contributed by atoms with Gasteiger partial charge >= 0.3 is 0 Å². The van der Waals surface area contributed by atoms with Crippen LogP contribution < -0.4 is 15.6 Å². The first-order chi connectivity index (χ1) is 17.8. The van der Waals surface area contributed by atoms with E-state index in [0.717, 1.165) is 12.1 Å². The summed E-state index contributed by atoms with van der Waals surface area (Å²) in [5.74, 6) is 2.10. The molecule has 0 aliphatic carbocycles. The predicted octanol–water partition coefficient (Wildman–Crippen LogP) is 3.61. The molecule has 2 aromatic heterocycles. The number of likely N-dealkylation sites (N-methyl/N-ethyl adjacent to an activating group) is 1. The summed E-state index contributed by atoms with van der Waals surface area (Å²) in [6.07, 6.45) is 1.56. The number of hydrogen-bond acceptors (Lipinski definition) is 7. The summed E-state index contributed by atoms with van der Waals surface area (Å²) in [5, 5.41) is 3.58. The first-order valence-electron chi connectivity index (χ1n) is 12.0. The van der Waals surface area contributed by atoms with Crippen LogP contribution in [0.15, 0.2) is 63.6 Å². The second kappa shape index (κ2) is 11.2. The van der Waals surface area contributed by atoms with Gasteiger partial charge in [0.1, 0.15) is 29.9 Å². The molecule has 0 amide bonds. The predicted molar refractivity (Wildman–Crippen MR) is 149 cm³/mol. The summed E-state index contributed by atoms with van der Waals surface area (Å²) in [6, 6.07) is 12.6. The molecule has 192 valence electrons. The largest absolute Gasteiger partial charge is 0.492 e. The fourth-order valence-electron chi connectivity index (χ4n) is 4.08. The van der Waals surface area contributed by atoms with Gasteiger partial charge in [0.05, 0.1) is 22.9 Å². The Morgan fingerprint density at radius 1 is 1.27 bits per heavy atom. The lowest BCUT2D eigenvalue weighted by atomic mass is 10.1. The molecule has 1 atom stereocenters. The standard InChI is InChI=1S/C27H32N8O2/c1-17-9-7-12-21-22(17)27(36)35(19-10-8-11-20(15-19)37-14-13-34(5)6)26(33-21)18(2)32-25(29-4)23-24(28-3)31-16-30-23/h7-12,15-16,18,28H,4,13-14H2,1-3,5-6H3,(H,30,31). The molecule has 4 rings (SSSR count). The molecule has 0 aliphatic rings. The van der Waals surface area contributed by atoms with Gasteiger partial charge in [-0.1, -0.05) is 18.2 Å². The van der Waals surface area contributed by atoms with Gasteiger partial charge in [0.15, 0.2) is 11.7 Å². The lowest BCUT2D eigenvalue weighted by Gasteiger charge is -2.18. The van der Waals surface area contributed by atoms with E-state index in [-0.39, 0.29) is 5.56 Å². The third-order valence-electron chi connectivity index (χ3n) is 5.95. The van der Waals surface area contributed by atoms with Crippen LogP contribution in [0, 0.1) is 6.92 Å². The van der Waals surface area contributed by atoms with Crippen molar-refractivity contribution in [3.8, 4) is 11.4 Å². The van der Waals surface area contributed by atoms with Crippen LogP contribution in [0.2, 0.25) is 0 Å². The molecule has 0 fully saturated rings. The summed E-state index contributed by atoms with van der Waals surface area (Å²) in [4.78, 5) is 37.1. The van der Waals surface area contributed by atoms with Crippen molar-refractivity contribution in [3.63, 3.8) is 0 Å². The number of rotatable bonds is 9. The average Bonchev–Trinajstić information content (AvgIpc) is 3.35. The topological polar surface area (TPSA) is 113 Å². The Hall–Kier alpha value is -4.31. The number of aliphatic imine (C=N–C) groups is 2. The van der Waals surface area contributed by atoms with Gasteiger partial charge in [-0.05, 0) is 58.4 Å². The smallest absolute Gasteiger partial charge is 0.266 e. The normalized spacial score (nSPS) is 12.6. The van der Waals surface area contributed by atoms with Gasteiger partial charge in [0.2, 0.25) is 0 Å². The number of ether oxygens (including phenoxy) is 1. The highest BCUT2D eigenvalue weighted by molar-refractivity contribution is 6.03. The molecule has 2 N–H and O–H groups in total. The van der Waals surface area contributed by atoms with Crippen molar-refractivity contribution in [3.05, 3.63) is 76.2 Å². The third kappa shape index (κ3) is 5.44. The number of anilines is 1. The summed E-state index contributed by atoms with van der Waals surface area (Å²) in [5.41, 5.74) is 2.55. The Labute approximate surface area is 215 Å². The van der Waals surface area contributed by atoms with E-state index in [9.17, 15) is 4.79 Å². The highest BCUT2D eigenvalue weighted by atomic mass is 16.5. The minimum absolute atomic E-state index is 0.170. The van der Waals surface area contributed by atoms with Crippen LogP contribution in [0.4, 0.5) is 5.82 Å².